The summed E-state index contributed by atoms with van der Waals surface area (Å²) in [5, 5.41) is 11.6. The minimum absolute atomic E-state index is 0.00610. The highest BCUT2D eigenvalue weighted by Crippen LogP contribution is 2.29. The number of nitrogens with one attached hydrogen (secondary N) is 2. The summed E-state index contributed by atoms with van der Waals surface area (Å²) < 4.78 is 7.68. The van der Waals surface area contributed by atoms with Gasteiger partial charge in [-0.25, -0.2) is 9.50 Å². The van der Waals surface area contributed by atoms with Gasteiger partial charge in [0, 0.05) is 48.3 Å². The number of hydrogen-bond acceptors (Lipinski definition) is 6. The number of fused-ring (bicyclic) bond motifs is 1. The number of imidazole rings is 1. The average Bonchev–Trinajstić information content (AvgIpc) is 3.35. The van der Waals surface area contributed by atoms with Crippen molar-refractivity contribution in [3.05, 3.63) is 66.1 Å². The number of benzene rings is 1. The van der Waals surface area contributed by atoms with Crippen molar-refractivity contribution in [1.82, 2.24) is 24.9 Å². The van der Waals surface area contributed by atoms with Crippen molar-refractivity contribution in [1.29, 1.82) is 0 Å². The molecule has 4 heterocycles. The van der Waals surface area contributed by atoms with E-state index in [-0.39, 0.29) is 12.0 Å². The van der Waals surface area contributed by atoms with Gasteiger partial charge in [0.25, 0.3) is 5.91 Å². The number of ether oxygens (including phenoxy) is 1. The van der Waals surface area contributed by atoms with Gasteiger partial charge in [-0.3, -0.25) is 9.78 Å². The summed E-state index contributed by atoms with van der Waals surface area (Å²) in [6.07, 6.45) is 9.88. The van der Waals surface area contributed by atoms with E-state index in [0.29, 0.717) is 11.6 Å². The van der Waals surface area contributed by atoms with Crippen LogP contribution in [0.5, 0.6) is 0 Å². The minimum atomic E-state index is -0.00610. The Kier molecular flexibility index (Phi) is 5.66. The lowest BCUT2D eigenvalue weighted by Gasteiger charge is -2.14. The number of carbonyl (C=O) groups is 1. The second-order valence-corrected chi connectivity index (χ2v) is 9.35. The minimum Gasteiger partial charge on any atom is -0.379 e. The quantitative estimate of drug-likeness (QED) is 0.421. The number of aryl methyl sites for hydroxylation is 1. The van der Waals surface area contributed by atoms with Crippen LogP contribution in [0.15, 0.2) is 55.0 Å². The maximum atomic E-state index is 12.6. The second-order valence-electron chi connectivity index (χ2n) is 9.35. The highest BCUT2D eigenvalue weighted by Gasteiger charge is 2.25. The molecule has 8 nitrogen and oxygen atoms in total. The van der Waals surface area contributed by atoms with E-state index in [0.717, 1.165) is 78.2 Å². The zero-order chi connectivity index (χ0) is 23.8. The van der Waals surface area contributed by atoms with E-state index in [4.69, 9.17) is 14.8 Å². The zero-order valence-corrected chi connectivity index (χ0v) is 19.7. The third-order valence-electron chi connectivity index (χ3n) is 6.67. The Balaban J connectivity index is 1.39. The number of hydrogen-bond donors (Lipinski definition) is 2. The molecule has 2 aliphatic rings. The highest BCUT2D eigenvalue weighted by atomic mass is 16.5. The van der Waals surface area contributed by atoms with Gasteiger partial charge in [0.15, 0.2) is 5.65 Å². The molecule has 1 unspecified atom stereocenters. The summed E-state index contributed by atoms with van der Waals surface area (Å²) in [6, 6.07) is 12.2. The Morgan fingerprint density at radius 2 is 1.97 bits per heavy atom. The highest BCUT2D eigenvalue weighted by molar-refractivity contribution is 5.96. The first-order valence-corrected chi connectivity index (χ1v) is 12.2. The topological polar surface area (TPSA) is 93.4 Å². The van der Waals surface area contributed by atoms with Gasteiger partial charge in [-0.15, -0.1) is 0 Å². The number of amides is 1. The number of anilines is 1. The third kappa shape index (κ3) is 4.49. The first-order chi connectivity index (χ1) is 17.2. The van der Waals surface area contributed by atoms with Crippen LogP contribution in [-0.2, 0) is 4.74 Å². The van der Waals surface area contributed by atoms with E-state index in [1.54, 1.807) is 12.4 Å². The first-order valence-electron chi connectivity index (χ1n) is 12.2. The summed E-state index contributed by atoms with van der Waals surface area (Å²) in [5.74, 6) is -0.00610. The lowest BCUT2D eigenvalue weighted by Crippen LogP contribution is -2.26. The third-order valence-corrected chi connectivity index (χ3v) is 6.67. The molecule has 8 heteroatoms. The molecule has 1 saturated heterocycles. The van der Waals surface area contributed by atoms with Crippen LogP contribution in [0.1, 0.15) is 41.6 Å². The van der Waals surface area contributed by atoms with Crippen LogP contribution in [0.3, 0.4) is 0 Å². The van der Waals surface area contributed by atoms with Gasteiger partial charge in [-0.05, 0) is 68.5 Å². The molecule has 2 N–H and O–H groups in total. The first kappa shape index (κ1) is 21.7. The van der Waals surface area contributed by atoms with Crippen molar-refractivity contribution in [2.45, 2.75) is 44.8 Å². The molecule has 0 bridgehead atoms. The van der Waals surface area contributed by atoms with Crippen molar-refractivity contribution >= 4 is 17.2 Å². The summed E-state index contributed by atoms with van der Waals surface area (Å²) >= 11 is 0. The van der Waals surface area contributed by atoms with Crippen molar-refractivity contribution < 1.29 is 9.53 Å². The molecule has 1 aliphatic heterocycles. The molecule has 35 heavy (non-hydrogen) atoms. The average molecular weight is 469 g/mol. The molecular weight excluding hydrogens is 440 g/mol. The van der Waals surface area contributed by atoms with E-state index in [1.165, 1.54) is 0 Å². The van der Waals surface area contributed by atoms with Crippen LogP contribution in [0.2, 0.25) is 0 Å². The summed E-state index contributed by atoms with van der Waals surface area (Å²) in [6.45, 7) is 3.52. The zero-order valence-electron chi connectivity index (χ0n) is 19.7. The van der Waals surface area contributed by atoms with Crippen molar-refractivity contribution in [3.63, 3.8) is 0 Å². The summed E-state index contributed by atoms with van der Waals surface area (Å²) in [5.41, 5.74) is 6.93. The number of nitrogens with zero attached hydrogens (tertiary/aromatic N) is 4. The molecule has 1 aromatic carbocycles. The fourth-order valence-corrected chi connectivity index (χ4v) is 4.56. The Morgan fingerprint density at radius 1 is 1.11 bits per heavy atom. The van der Waals surface area contributed by atoms with Crippen molar-refractivity contribution in [2.75, 3.05) is 18.5 Å². The molecular formula is C27H28N6O2. The standard InChI is InChI=1S/C27H28N6O2/c1-17-13-19(4-7-22(17)27(34)31-20-5-6-20)25-16-30-26-24(29-15-21-3-2-12-35-21)14-23(32-33(25)26)18-8-10-28-11-9-18/h4,7-11,13-14,16,20-21,29H,2-3,5-6,12,15H2,1H3,(H,31,34). The Labute approximate surface area is 203 Å². The lowest BCUT2D eigenvalue weighted by molar-refractivity contribution is 0.0950. The molecule has 0 radical (unpaired) electrons. The fraction of sp³-hybridized carbons (Fsp3) is 0.333. The Bertz CT molecular complexity index is 1370. The summed E-state index contributed by atoms with van der Waals surface area (Å²) in [4.78, 5) is 21.4. The molecule has 178 valence electrons. The van der Waals surface area contributed by atoms with E-state index >= 15 is 0 Å². The molecule has 6 rings (SSSR count). The van der Waals surface area contributed by atoms with Crippen LogP contribution in [0.25, 0.3) is 28.2 Å². The maximum absolute atomic E-state index is 12.6. The Hall–Kier alpha value is -3.78. The van der Waals surface area contributed by atoms with Gasteiger partial charge in [-0.1, -0.05) is 6.07 Å². The number of carbonyl (C=O) groups excluding carboxylic acids is 1. The van der Waals surface area contributed by atoms with Crippen LogP contribution in [0.4, 0.5) is 5.69 Å². The predicted molar refractivity (Wildman–Crippen MR) is 134 cm³/mol. The van der Waals surface area contributed by atoms with E-state index < -0.39 is 0 Å². The van der Waals surface area contributed by atoms with E-state index in [1.807, 2.05) is 54.0 Å². The van der Waals surface area contributed by atoms with Gasteiger partial charge in [0.2, 0.25) is 0 Å². The van der Waals surface area contributed by atoms with Crippen molar-refractivity contribution in [3.8, 4) is 22.5 Å². The molecule has 1 saturated carbocycles. The lowest BCUT2D eigenvalue weighted by atomic mass is 10.0. The maximum Gasteiger partial charge on any atom is 0.251 e. The number of pyridine rings is 1. The molecule has 4 aromatic rings. The van der Waals surface area contributed by atoms with Crippen LogP contribution in [0, 0.1) is 6.92 Å². The fourth-order valence-electron chi connectivity index (χ4n) is 4.56. The SMILES string of the molecule is Cc1cc(-c2cnc3c(NCC4CCCO4)cc(-c4ccncc4)nn23)ccc1C(=O)NC1CC1. The van der Waals surface area contributed by atoms with Gasteiger partial charge in [0.1, 0.15) is 0 Å². The normalized spacial score (nSPS) is 17.6. The number of rotatable bonds is 7. The number of aromatic nitrogens is 4. The van der Waals surface area contributed by atoms with Crippen LogP contribution in [-0.4, -0.2) is 50.8 Å². The van der Waals surface area contributed by atoms with Crippen LogP contribution >= 0.6 is 0 Å². The summed E-state index contributed by atoms with van der Waals surface area (Å²) in [7, 11) is 0. The van der Waals surface area contributed by atoms with E-state index in [9.17, 15) is 4.79 Å². The molecule has 3 aromatic heterocycles. The largest absolute Gasteiger partial charge is 0.379 e. The molecule has 2 fully saturated rings. The Morgan fingerprint density at radius 3 is 2.71 bits per heavy atom. The molecule has 1 aliphatic carbocycles. The second kappa shape index (κ2) is 9.11. The molecule has 1 amide bonds. The predicted octanol–water partition coefficient (Wildman–Crippen LogP) is 4.25. The molecule has 1 atom stereocenters. The smallest absolute Gasteiger partial charge is 0.251 e. The van der Waals surface area contributed by atoms with E-state index in [2.05, 4.69) is 15.6 Å². The molecule has 0 spiro atoms. The van der Waals surface area contributed by atoms with Gasteiger partial charge < -0.3 is 15.4 Å². The van der Waals surface area contributed by atoms with Gasteiger partial charge >= 0.3 is 0 Å². The van der Waals surface area contributed by atoms with Gasteiger partial charge in [0.05, 0.1) is 29.4 Å². The monoisotopic (exact) mass is 468 g/mol. The van der Waals surface area contributed by atoms with Crippen molar-refractivity contribution in [2.24, 2.45) is 0 Å². The van der Waals surface area contributed by atoms with Gasteiger partial charge in [-0.2, -0.15) is 5.10 Å². The van der Waals surface area contributed by atoms with Crippen LogP contribution < -0.4 is 10.6 Å².